The summed E-state index contributed by atoms with van der Waals surface area (Å²) in [4.78, 5) is 13.6. The topological polar surface area (TPSA) is 58.3 Å². The Morgan fingerprint density at radius 1 is 1.33 bits per heavy atom. The van der Waals surface area contributed by atoms with Crippen LogP contribution in [0.3, 0.4) is 0 Å². The summed E-state index contributed by atoms with van der Waals surface area (Å²) in [6.07, 6.45) is 3.66. The van der Waals surface area contributed by atoms with Crippen molar-refractivity contribution >= 4 is 5.95 Å². The molecule has 100 valence electrons. The zero-order chi connectivity index (χ0) is 13.0. The van der Waals surface area contributed by atoms with Crippen LogP contribution in [0.15, 0.2) is 12.3 Å². The Morgan fingerprint density at radius 3 is 2.72 bits per heavy atom. The highest BCUT2D eigenvalue weighted by Gasteiger charge is 2.16. The zero-order valence-electron chi connectivity index (χ0n) is 11.3. The second-order valence-corrected chi connectivity index (χ2v) is 5.01. The van der Waals surface area contributed by atoms with Crippen molar-refractivity contribution in [3.63, 3.8) is 0 Å². The summed E-state index contributed by atoms with van der Waals surface area (Å²) in [6, 6.07) is 2.16. The molecule has 1 fully saturated rings. The van der Waals surface area contributed by atoms with E-state index in [1.807, 2.05) is 12.3 Å². The highest BCUT2D eigenvalue weighted by molar-refractivity contribution is 5.31. The first kappa shape index (κ1) is 13.2. The maximum atomic E-state index is 5.97. The van der Waals surface area contributed by atoms with E-state index in [1.54, 1.807) is 0 Å². The van der Waals surface area contributed by atoms with Crippen molar-refractivity contribution < 1.29 is 0 Å². The molecule has 0 saturated carbocycles. The maximum absolute atomic E-state index is 5.97. The van der Waals surface area contributed by atoms with E-state index < -0.39 is 0 Å². The number of piperazine rings is 1. The SMILES string of the molecule is CCC(N)Cc1ccnc(N2CCN(C)CC2)n1. The smallest absolute Gasteiger partial charge is 0.225 e. The van der Waals surface area contributed by atoms with Gasteiger partial charge in [0.25, 0.3) is 0 Å². The van der Waals surface area contributed by atoms with Gasteiger partial charge < -0.3 is 15.5 Å². The minimum Gasteiger partial charge on any atom is -0.338 e. The van der Waals surface area contributed by atoms with E-state index in [9.17, 15) is 0 Å². The number of hydrogen-bond acceptors (Lipinski definition) is 5. The number of nitrogens with two attached hydrogens (primary N) is 1. The molecule has 0 radical (unpaired) electrons. The van der Waals surface area contributed by atoms with E-state index in [-0.39, 0.29) is 6.04 Å². The van der Waals surface area contributed by atoms with E-state index in [1.165, 1.54) is 0 Å². The first-order chi connectivity index (χ1) is 8.69. The lowest BCUT2D eigenvalue weighted by Crippen LogP contribution is -2.45. The van der Waals surface area contributed by atoms with Gasteiger partial charge in [0.1, 0.15) is 0 Å². The van der Waals surface area contributed by atoms with Crippen LogP contribution in [-0.2, 0) is 6.42 Å². The molecule has 0 aromatic carbocycles. The summed E-state index contributed by atoms with van der Waals surface area (Å²) in [6.45, 7) is 6.25. The first-order valence-electron chi connectivity index (χ1n) is 6.70. The molecule has 1 aliphatic heterocycles. The van der Waals surface area contributed by atoms with Crippen LogP contribution in [-0.4, -0.2) is 54.1 Å². The molecule has 1 atom stereocenters. The second-order valence-electron chi connectivity index (χ2n) is 5.01. The molecule has 1 aliphatic rings. The van der Waals surface area contributed by atoms with Crippen molar-refractivity contribution in [3.8, 4) is 0 Å². The van der Waals surface area contributed by atoms with Crippen LogP contribution in [0.25, 0.3) is 0 Å². The molecule has 1 aromatic heterocycles. The third-order valence-electron chi connectivity index (χ3n) is 3.48. The summed E-state index contributed by atoms with van der Waals surface area (Å²) in [5.41, 5.74) is 7.02. The number of aromatic nitrogens is 2. The van der Waals surface area contributed by atoms with Crippen molar-refractivity contribution in [2.45, 2.75) is 25.8 Å². The Balaban J connectivity index is 2.02. The van der Waals surface area contributed by atoms with Gasteiger partial charge >= 0.3 is 0 Å². The van der Waals surface area contributed by atoms with Crippen LogP contribution >= 0.6 is 0 Å². The molecule has 0 amide bonds. The van der Waals surface area contributed by atoms with Gasteiger partial charge in [-0.1, -0.05) is 6.92 Å². The van der Waals surface area contributed by atoms with Gasteiger partial charge in [-0.05, 0) is 19.5 Å². The van der Waals surface area contributed by atoms with Crippen molar-refractivity contribution in [3.05, 3.63) is 18.0 Å². The van der Waals surface area contributed by atoms with Gasteiger partial charge in [0.05, 0.1) is 0 Å². The van der Waals surface area contributed by atoms with Crippen LogP contribution in [0, 0.1) is 0 Å². The zero-order valence-corrected chi connectivity index (χ0v) is 11.3. The summed E-state index contributed by atoms with van der Waals surface area (Å²) < 4.78 is 0. The predicted molar refractivity (Wildman–Crippen MR) is 73.7 cm³/mol. The standard InChI is InChI=1S/C13H23N5/c1-3-11(14)10-12-4-5-15-13(16-12)18-8-6-17(2)7-9-18/h4-5,11H,3,6-10,14H2,1-2H3. The summed E-state index contributed by atoms with van der Waals surface area (Å²) >= 11 is 0. The molecule has 2 rings (SSSR count). The lowest BCUT2D eigenvalue weighted by molar-refractivity contribution is 0.311. The number of hydrogen-bond donors (Lipinski definition) is 1. The molecule has 2 N–H and O–H groups in total. The maximum Gasteiger partial charge on any atom is 0.225 e. The first-order valence-corrected chi connectivity index (χ1v) is 6.70. The molecule has 5 heteroatoms. The van der Waals surface area contributed by atoms with Gasteiger partial charge in [0, 0.05) is 50.5 Å². The van der Waals surface area contributed by atoms with E-state index in [2.05, 4.69) is 33.7 Å². The third-order valence-corrected chi connectivity index (χ3v) is 3.48. The lowest BCUT2D eigenvalue weighted by atomic mass is 10.1. The molecular formula is C13H23N5. The van der Waals surface area contributed by atoms with Crippen LogP contribution in [0.2, 0.25) is 0 Å². The van der Waals surface area contributed by atoms with Gasteiger partial charge in [0.2, 0.25) is 5.95 Å². The number of anilines is 1. The fraction of sp³-hybridized carbons (Fsp3) is 0.692. The van der Waals surface area contributed by atoms with Crippen LogP contribution in [0.4, 0.5) is 5.95 Å². The van der Waals surface area contributed by atoms with Crippen LogP contribution in [0.1, 0.15) is 19.0 Å². The molecule has 0 spiro atoms. The van der Waals surface area contributed by atoms with Gasteiger partial charge in [0.15, 0.2) is 0 Å². The van der Waals surface area contributed by atoms with Crippen molar-refractivity contribution in [1.82, 2.24) is 14.9 Å². The molecule has 2 heterocycles. The van der Waals surface area contributed by atoms with E-state index in [0.717, 1.165) is 50.7 Å². The van der Waals surface area contributed by atoms with E-state index in [4.69, 9.17) is 5.73 Å². The Bertz CT molecular complexity index is 373. The number of nitrogens with zero attached hydrogens (tertiary/aromatic N) is 4. The molecule has 18 heavy (non-hydrogen) atoms. The van der Waals surface area contributed by atoms with Crippen molar-refractivity contribution in [2.75, 3.05) is 38.1 Å². The highest BCUT2D eigenvalue weighted by Crippen LogP contribution is 2.11. The highest BCUT2D eigenvalue weighted by atomic mass is 15.3. The lowest BCUT2D eigenvalue weighted by Gasteiger charge is -2.32. The summed E-state index contributed by atoms with van der Waals surface area (Å²) in [5, 5.41) is 0. The molecular weight excluding hydrogens is 226 g/mol. The van der Waals surface area contributed by atoms with Crippen LogP contribution in [0.5, 0.6) is 0 Å². The van der Waals surface area contributed by atoms with Crippen molar-refractivity contribution in [2.24, 2.45) is 5.73 Å². The monoisotopic (exact) mass is 249 g/mol. The number of rotatable bonds is 4. The van der Waals surface area contributed by atoms with Gasteiger partial charge in [-0.25, -0.2) is 9.97 Å². The molecule has 5 nitrogen and oxygen atoms in total. The summed E-state index contributed by atoms with van der Waals surface area (Å²) in [5.74, 6) is 0.851. The van der Waals surface area contributed by atoms with Gasteiger partial charge in [-0.15, -0.1) is 0 Å². The second kappa shape index (κ2) is 6.11. The average Bonchev–Trinajstić information content (AvgIpc) is 2.40. The molecule has 1 aromatic rings. The minimum absolute atomic E-state index is 0.195. The molecule has 0 aliphatic carbocycles. The Morgan fingerprint density at radius 2 is 2.06 bits per heavy atom. The normalized spacial score (nSPS) is 18.9. The molecule has 1 unspecified atom stereocenters. The molecule has 1 saturated heterocycles. The fourth-order valence-electron chi connectivity index (χ4n) is 2.07. The largest absolute Gasteiger partial charge is 0.338 e. The summed E-state index contributed by atoms with van der Waals surface area (Å²) in [7, 11) is 2.15. The van der Waals surface area contributed by atoms with E-state index >= 15 is 0 Å². The Labute approximate surface area is 109 Å². The third kappa shape index (κ3) is 3.40. The Kier molecular flexibility index (Phi) is 4.49. The van der Waals surface area contributed by atoms with Crippen LogP contribution < -0.4 is 10.6 Å². The Hall–Kier alpha value is -1.20. The fourth-order valence-corrected chi connectivity index (χ4v) is 2.07. The van der Waals surface area contributed by atoms with Gasteiger partial charge in [-0.3, -0.25) is 0 Å². The number of likely N-dealkylation sites (N-methyl/N-ethyl adjacent to an activating group) is 1. The van der Waals surface area contributed by atoms with Gasteiger partial charge in [-0.2, -0.15) is 0 Å². The quantitative estimate of drug-likeness (QED) is 0.842. The van der Waals surface area contributed by atoms with Crippen molar-refractivity contribution in [1.29, 1.82) is 0 Å². The average molecular weight is 249 g/mol. The van der Waals surface area contributed by atoms with E-state index in [0.29, 0.717) is 0 Å². The predicted octanol–water partition coefficient (Wildman–Crippen LogP) is 0.508. The molecule has 0 bridgehead atoms. The minimum atomic E-state index is 0.195.